The second-order valence-corrected chi connectivity index (χ2v) is 7.16. The molecule has 2 heterocycles. The normalized spacial score (nSPS) is 20.2. The molecule has 1 fully saturated rings. The van der Waals surface area contributed by atoms with E-state index in [1.807, 2.05) is 6.20 Å². The predicted molar refractivity (Wildman–Crippen MR) is 109 cm³/mol. The lowest BCUT2D eigenvalue weighted by atomic mass is 10.2. The van der Waals surface area contributed by atoms with Crippen LogP contribution in [0.15, 0.2) is 11.2 Å². The summed E-state index contributed by atoms with van der Waals surface area (Å²) in [5.41, 5.74) is 0. The molecule has 0 spiro atoms. The van der Waals surface area contributed by atoms with Crippen LogP contribution in [0.1, 0.15) is 16.8 Å². The number of aliphatic imine (C=N–C) groups is 1. The number of aryl methyl sites for hydroxylation is 1. The number of hydrogen-bond donors (Lipinski definition) is 2. The van der Waals surface area contributed by atoms with E-state index in [1.54, 1.807) is 11.3 Å². The minimum absolute atomic E-state index is 0. The van der Waals surface area contributed by atoms with Crippen LogP contribution in [0.2, 0.25) is 0 Å². The van der Waals surface area contributed by atoms with Crippen molar-refractivity contribution in [1.29, 1.82) is 0 Å². The van der Waals surface area contributed by atoms with E-state index in [-0.39, 0.29) is 24.0 Å². The van der Waals surface area contributed by atoms with Crippen molar-refractivity contribution in [3.63, 3.8) is 0 Å². The number of halogens is 1. The highest BCUT2D eigenvalue weighted by Crippen LogP contribution is 2.11. The minimum Gasteiger partial charge on any atom is -0.357 e. The van der Waals surface area contributed by atoms with Crippen LogP contribution < -0.4 is 10.6 Å². The van der Waals surface area contributed by atoms with Crippen molar-refractivity contribution in [3.8, 4) is 0 Å². The number of hydrogen-bond acceptors (Lipinski definition) is 5. The Morgan fingerprint density at radius 2 is 2.17 bits per heavy atom. The van der Waals surface area contributed by atoms with Crippen LogP contribution in [-0.2, 0) is 6.54 Å². The first-order valence-electron chi connectivity index (χ1n) is 7.90. The molecule has 2 N–H and O–H groups in total. The lowest BCUT2D eigenvalue weighted by Crippen LogP contribution is -2.55. The summed E-state index contributed by atoms with van der Waals surface area (Å²) in [5.74, 6) is 0.872. The van der Waals surface area contributed by atoms with E-state index >= 15 is 0 Å². The van der Waals surface area contributed by atoms with Gasteiger partial charge in [-0.2, -0.15) is 0 Å². The highest BCUT2D eigenvalue weighted by Gasteiger charge is 2.21. The molecule has 1 atom stereocenters. The van der Waals surface area contributed by atoms with E-state index in [4.69, 9.17) is 0 Å². The van der Waals surface area contributed by atoms with Crippen LogP contribution in [-0.4, -0.2) is 73.6 Å². The SMILES string of the molecule is CCNC(=NCc1ncc(C)s1)NCC1CN(C)CCN1C.I. The zero-order valence-corrected chi connectivity index (χ0v) is 17.6. The zero-order valence-electron chi connectivity index (χ0n) is 14.5. The minimum atomic E-state index is 0. The van der Waals surface area contributed by atoms with Crippen LogP contribution in [0.25, 0.3) is 0 Å². The van der Waals surface area contributed by atoms with Crippen LogP contribution in [0.4, 0.5) is 0 Å². The molecular weight excluding hydrogens is 423 g/mol. The summed E-state index contributed by atoms with van der Waals surface area (Å²) in [4.78, 5) is 15.0. The van der Waals surface area contributed by atoms with Gasteiger partial charge in [0.1, 0.15) is 5.01 Å². The summed E-state index contributed by atoms with van der Waals surface area (Å²) in [6.07, 6.45) is 1.91. The summed E-state index contributed by atoms with van der Waals surface area (Å²) in [6.45, 7) is 9.92. The molecule has 0 radical (unpaired) electrons. The second kappa shape index (κ2) is 10.4. The fourth-order valence-corrected chi connectivity index (χ4v) is 3.21. The lowest BCUT2D eigenvalue weighted by molar-refractivity contribution is 0.116. The number of rotatable bonds is 5. The molecule has 0 bridgehead atoms. The second-order valence-electron chi connectivity index (χ2n) is 5.84. The van der Waals surface area contributed by atoms with Gasteiger partial charge in [-0.05, 0) is 27.9 Å². The summed E-state index contributed by atoms with van der Waals surface area (Å²) < 4.78 is 0. The average Bonchev–Trinajstić information content (AvgIpc) is 2.91. The summed E-state index contributed by atoms with van der Waals surface area (Å²) in [7, 11) is 4.38. The van der Waals surface area contributed by atoms with Gasteiger partial charge in [0.05, 0.1) is 6.54 Å². The van der Waals surface area contributed by atoms with Gasteiger partial charge in [-0.1, -0.05) is 0 Å². The standard InChI is InChI=1S/C15H28N6S.HI/c1-5-16-15(19-10-14-17-8-12(2)22-14)18-9-13-11-20(3)6-7-21(13)4;/h8,13H,5-7,9-11H2,1-4H3,(H2,16,18,19);1H. The van der Waals surface area contributed by atoms with E-state index in [2.05, 4.69) is 58.4 Å². The lowest BCUT2D eigenvalue weighted by Gasteiger charge is -2.37. The number of piperazine rings is 1. The molecule has 1 aromatic rings. The van der Waals surface area contributed by atoms with E-state index in [0.717, 1.165) is 43.7 Å². The highest BCUT2D eigenvalue weighted by atomic mass is 127. The Bertz CT molecular complexity index is 492. The Hall–Kier alpha value is -0.450. The molecule has 6 nitrogen and oxygen atoms in total. The van der Waals surface area contributed by atoms with Crippen LogP contribution >= 0.6 is 35.3 Å². The van der Waals surface area contributed by atoms with Crippen molar-refractivity contribution in [2.24, 2.45) is 4.99 Å². The smallest absolute Gasteiger partial charge is 0.191 e. The van der Waals surface area contributed by atoms with Gasteiger partial charge >= 0.3 is 0 Å². The monoisotopic (exact) mass is 452 g/mol. The molecule has 23 heavy (non-hydrogen) atoms. The van der Waals surface area contributed by atoms with E-state index in [1.165, 1.54) is 4.88 Å². The molecule has 0 saturated carbocycles. The van der Waals surface area contributed by atoms with Gasteiger partial charge in [-0.15, -0.1) is 35.3 Å². The number of aromatic nitrogens is 1. The third kappa shape index (κ3) is 6.90. The first-order valence-corrected chi connectivity index (χ1v) is 8.72. The topological polar surface area (TPSA) is 55.8 Å². The quantitative estimate of drug-likeness (QED) is 0.402. The Balaban J connectivity index is 0.00000264. The first kappa shape index (κ1) is 20.6. The molecule has 2 rings (SSSR count). The Morgan fingerprint density at radius 1 is 1.39 bits per heavy atom. The van der Waals surface area contributed by atoms with Gasteiger partial charge in [0.15, 0.2) is 5.96 Å². The van der Waals surface area contributed by atoms with Gasteiger partial charge in [0, 0.05) is 49.8 Å². The van der Waals surface area contributed by atoms with Crippen molar-refractivity contribution < 1.29 is 0 Å². The average molecular weight is 452 g/mol. The maximum Gasteiger partial charge on any atom is 0.191 e. The molecule has 0 amide bonds. The van der Waals surface area contributed by atoms with Gasteiger partial charge in [0.2, 0.25) is 0 Å². The molecule has 1 unspecified atom stereocenters. The molecule has 132 valence electrons. The number of guanidine groups is 1. The van der Waals surface area contributed by atoms with Gasteiger partial charge in [-0.25, -0.2) is 9.98 Å². The molecular formula is C15H29IN6S. The molecule has 0 aromatic carbocycles. The van der Waals surface area contributed by atoms with Crippen LogP contribution in [0.5, 0.6) is 0 Å². The van der Waals surface area contributed by atoms with Crippen molar-refractivity contribution in [3.05, 3.63) is 16.1 Å². The Labute approximate surface area is 160 Å². The largest absolute Gasteiger partial charge is 0.357 e. The van der Waals surface area contributed by atoms with Gasteiger partial charge in [0.25, 0.3) is 0 Å². The summed E-state index contributed by atoms with van der Waals surface area (Å²) in [6, 6.07) is 0.518. The predicted octanol–water partition coefficient (Wildman–Crippen LogP) is 1.37. The first-order chi connectivity index (χ1) is 10.6. The van der Waals surface area contributed by atoms with Crippen LogP contribution in [0, 0.1) is 6.92 Å². The van der Waals surface area contributed by atoms with E-state index in [9.17, 15) is 0 Å². The third-order valence-corrected chi connectivity index (χ3v) is 4.77. The number of nitrogens with one attached hydrogen (secondary N) is 2. The fraction of sp³-hybridized carbons (Fsp3) is 0.733. The molecule has 1 saturated heterocycles. The van der Waals surface area contributed by atoms with Gasteiger partial charge < -0.3 is 15.5 Å². The summed E-state index contributed by atoms with van der Waals surface area (Å²) in [5, 5.41) is 7.83. The molecule has 0 aliphatic carbocycles. The van der Waals surface area contributed by atoms with Crippen LogP contribution in [0.3, 0.4) is 0 Å². The Morgan fingerprint density at radius 3 is 2.83 bits per heavy atom. The van der Waals surface area contributed by atoms with Crippen molar-refractivity contribution in [2.75, 3.05) is 46.8 Å². The zero-order chi connectivity index (χ0) is 15.9. The van der Waals surface area contributed by atoms with Crippen molar-refractivity contribution in [1.82, 2.24) is 25.4 Å². The molecule has 1 aliphatic heterocycles. The Kier molecular flexibility index (Phi) is 9.33. The summed E-state index contributed by atoms with van der Waals surface area (Å²) >= 11 is 1.71. The van der Waals surface area contributed by atoms with Gasteiger partial charge in [-0.3, -0.25) is 4.90 Å². The van der Waals surface area contributed by atoms with E-state index < -0.39 is 0 Å². The van der Waals surface area contributed by atoms with Crippen molar-refractivity contribution >= 4 is 41.3 Å². The molecule has 1 aromatic heterocycles. The van der Waals surface area contributed by atoms with Crippen molar-refractivity contribution in [2.45, 2.75) is 26.4 Å². The molecule has 8 heteroatoms. The number of nitrogens with zero attached hydrogens (tertiary/aromatic N) is 4. The van der Waals surface area contributed by atoms with E-state index in [0.29, 0.717) is 12.6 Å². The third-order valence-electron chi connectivity index (χ3n) is 3.87. The highest BCUT2D eigenvalue weighted by molar-refractivity contribution is 14.0. The fourth-order valence-electron chi connectivity index (χ4n) is 2.50. The maximum atomic E-state index is 4.64. The maximum absolute atomic E-state index is 4.64. The molecule has 1 aliphatic rings. The number of thiazole rings is 1. The number of likely N-dealkylation sites (N-methyl/N-ethyl adjacent to an activating group) is 2.